The highest BCUT2D eigenvalue weighted by molar-refractivity contribution is 5.90. The highest BCUT2D eigenvalue weighted by Gasteiger charge is 2.84. The van der Waals surface area contributed by atoms with Crippen molar-refractivity contribution < 1.29 is 39.1 Å². The molecule has 0 radical (unpaired) electrons. The minimum absolute atomic E-state index is 0.0219. The van der Waals surface area contributed by atoms with Crippen LogP contribution < -0.4 is 0 Å². The molecule has 5 rings (SSSR count). The molecular formula is C27H40O8. The fraction of sp³-hybridized carbons (Fsp3) is 0.852. The lowest BCUT2D eigenvalue weighted by molar-refractivity contribution is -0.306. The number of carbonyl (C=O) groups excluding carboxylic acids is 1. The molecule has 0 aromatic carbocycles. The van der Waals surface area contributed by atoms with Gasteiger partial charge < -0.3 is 34.3 Å². The standard InChI is InChI=1S/C27H40O8/c1-13(2)19-8-16-9-25(11-28)18-7-6-14(3)17(18)10-26(16,27(19,25)24(31)32)12-34-23-21(30)20(29)22(33-5)15(4)35-23/h8,11,13-18,20-23,29-30H,6-7,9-10,12H2,1-5H3,(H,31,32)/t14?,15?,16?,17?,18?,20?,21?,22?,23?,25-,26-,27-/m0/s1. The van der Waals surface area contributed by atoms with Crippen LogP contribution in [0.25, 0.3) is 0 Å². The maximum Gasteiger partial charge on any atom is 0.315 e. The third-order valence-corrected chi connectivity index (χ3v) is 10.7. The number of fused-ring (bicyclic) bond motifs is 2. The van der Waals surface area contributed by atoms with Gasteiger partial charge in [-0.15, -0.1) is 0 Å². The predicted molar refractivity (Wildman–Crippen MR) is 125 cm³/mol. The Morgan fingerprint density at radius 2 is 1.94 bits per heavy atom. The summed E-state index contributed by atoms with van der Waals surface area (Å²) in [5.74, 6) is -0.358. The van der Waals surface area contributed by atoms with Crippen LogP contribution in [0.1, 0.15) is 53.4 Å². The number of hydrogen-bond acceptors (Lipinski definition) is 7. The Kier molecular flexibility index (Phi) is 6.04. The number of aliphatic hydroxyl groups excluding tert-OH is 2. The largest absolute Gasteiger partial charge is 0.481 e. The molecular weight excluding hydrogens is 452 g/mol. The van der Waals surface area contributed by atoms with Crippen LogP contribution in [0.5, 0.6) is 0 Å². The second-order valence-electron chi connectivity index (χ2n) is 12.2. The summed E-state index contributed by atoms with van der Waals surface area (Å²) in [6.07, 6.45) is 1.32. The molecule has 4 aliphatic carbocycles. The van der Waals surface area contributed by atoms with Gasteiger partial charge >= 0.3 is 5.97 Å². The van der Waals surface area contributed by atoms with Crippen LogP contribution in [0.4, 0.5) is 0 Å². The zero-order valence-corrected chi connectivity index (χ0v) is 21.3. The number of rotatable bonds is 7. The number of aliphatic carboxylic acids is 1. The topological polar surface area (TPSA) is 123 Å². The van der Waals surface area contributed by atoms with E-state index in [1.165, 1.54) is 7.11 Å². The molecule has 4 fully saturated rings. The fourth-order valence-electron chi connectivity index (χ4n) is 9.34. The van der Waals surface area contributed by atoms with Gasteiger partial charge in [-0.1, -0.05) is 38.8 Å². The molecule has 3 N–H and O–H groups in total. The number of methoxy groups -OCH3 is 1. The summed E-state index contributed by atoms with van der Waals surface area (Å²) in [4.78, 5) is 26.5. The molecule has 35 heavy (non-hydrogen) atoms. The van der Waals surface area contributed by atoms with E-state index in [0.717, 1.165) is 24.7 Å². The number of carbonyl (C=O) groups is 2. The Balaban J connectivity index is 1.57. The monoisotopic (exact) mass is 492 g/mol. The van der Waals surface area contributed by atoms with Gasteiger partial charge in [-0.05, 0) is 55.8 Å². The number of ether oxygens (including phenoxy) is 3. The van der Waals surface area contributed by atoms with E-state index < -0.39 is 52.9 Å². The van der Waals surface area contributed by atoms with E-state index >= 15 is 0 Å². The van der Waals surface area contributed by atoms with E-state index in [4.69, 9.17) is 14.2 Å². The van der Waals surface area contributed by atoms with Crippen molar-refractivity contribution in [2.45, 2.75) is 84.1 Å². The van der Waals surface area contributed by atoms with E-state index in [1.54, 1.807) is 6.92 Å². The third-order valence-electron chi connectivity index (χ3n) is 10.7. The number of aldehydes is 1. The smallest absolute Gasteiger partial charge is 0.315 e. The van der Waals surface area contributed by atoms with Crippen LogP contribution in [0, 0.1) is 45.8 Å². The maximum atomic E-state index is 13.5. The van der Waals surface area contributed by atoms with Crippen molar-refractivity contribution in [1.82, 2.24) is 0 Å². The summed E-state index contributed by atoms with van der Waals surface area (Å²) in [5.41, 5.74) is -2.28. The highest BCUT2D eigenvalue weighted by atomic mass is 16.7. The normalized spacial score (nSPS) is 52.5. The van der Waals surface area contributed by atoms with Crippen molar-refractivity contribution in [3.05, 3.63) is 11.6 Å². The van der Waals surface area contributed by atoms with Gasteiger partial charge in [-0.25, -0.2) is 0 Å². The average Bonchev–Trinajstić information content (AvgIpc) is 3.38. The first-order chi connectivity index (χ1) is 16.5. The van der Waals surface area contributed by atoms with E-state index in [2.05, 4.69) is 13.0 Å². The minimum atomic E-state index is -1.34. The first-order valence-corrected chi connectivity index (χ1v) is 13.1. The first kappa shape index (κ1) is 25.3. The Morgan fingerprint density at radius 1 is 1.23 bits per heavy atom. The second kappa shape index (κ2) is 8.35. The van der Waals surface area contributed by atoms with E-state index in [-0.39, 0.29) is 30.3 Å². The number of aliphatic hydroxyl groups is 2. The number of carboxylic acid groups (broad SMARTS) is 1. The summed E-state index contributed by atoms with van der Waals surface area (Å²) < 4.78 is 17.4. The number of allylic oxidation sites excluding steroid dienone is 1. The average molecular weight is 493 g/mol. The van der Waals surface area contributed by atoms with Crippen LogP contribution in [-0.4, -0.2) is 72.0 Å². The number of carboxylic acids is 1. The molecule has 0 spiro atoms. The summed E-state index contributed by atoms with van der Waals surface area (Å²) in [6.45, 7) is 8.02. The lowest BCUT2D eigenvalue weighted by atomic mass is 9.43. The van der Waals surface area contributed by atoms with E-state index in [9.17, 15) is 24.9 Å². The zero-order valence-electron chi connectivity index (χ0n) is 21.3. The maximum absolute atomic E-state index is 13.5. The number of hydrogen-bond donors (Lipinski definition) is 3. The van der Waals surface area contributed by atoms with Crippen molar-refractivity contribution in [2.75, 3.05) is 13.7 Å². The molecule has 5 aliphatic rings. The van der Waals surface area contributed by atoms with Gasteiger partial charge in [0.25, 0.3) is 0 Å². The van der Waals surface area contributed by atoms with Crippen LogP contribution in [0.2, 0.25) is 0 Å². The van der Waals surface area contributed by atoms with Crippen molar-refractivity contribution in [2.24, 2.45) is 45.8 Å². The van der Waals surface area contributed by atoms with Crippen LogP contribution >= 0.6 is 0 Å². The molecule has 12 atom stereocenters. The van der Waals surface area contributed by atoms with Gasteiger partial charge in [0.15, 0.2) is 6.29 Å². The van der Waals surface area contributed by atoms with E-state index in [0.29, 0.717) is 18.8 Å². The Bertz CT molecular complexity index is 917. The molecule has 1 heterocycles. The summed E-state index contributed by atoms with van der Waals surface area (Å²) in [5, 5.41) is 32.3. The second-order valence-corrected chi connectivity index (χ2v) is 12.2. The van der Waals surface area contributed by atoms with Crippen molar-refractivity contribution in [3.8, 4) is 0 Å². The molecule has 3 saturated carbocycles. The highest BCUT2D eigenvalue weighted by Crippen LogP contribution is 2.82. The van der Waals surface area contributed by atoms with Gasteiger partial charge in [0, 0.05) is 12.5 Å². The van der Waals surface area contributed by atoms with Crippen LogP contribution in [0.15, 0.2) is 11.6 Å². The Morgan fingerprint density at radius 3 is 2.54 bits per heavy atom. The molecule has 0 aromatic rings. The van der Waals surface area contributed by atoms with Gasteiger partial charge in [0.1, 0.15) is 30.0 Å². The van der Waals surface area contributed by atoms with Crippen molar-refractivity contribution in [3.63, 3.8) is 0 Å². The predicted octanol–water partition coefficient (Wildman–Crippen LogP) is 2.41. The summed E-state index contributed by atoms with van der Waals surface area (Å²) in [6, 6.07) is 0. The Hall–Kier alpha value is -1.32. The SMILES string of the molecule is COC1C(C)OC(OC[C@@]23CC4C(C)CCC4[C@@]4(C=O)CC2C=C(C(C)C)[C@@]34C(=O)O)C(O)C1O. The Labute approximate surface area is 207 Å². The van der Waals surface area contributed by atoms with Crippen LogP contribution in [0.3, 0.4) is 0 Å². The van der Waals surface area contributed by atoms with E-state index in [1.807, 2.05) is 13.8 Å². The molecule has 0 aromatic heterocycles. The quantitative estimate of drug-likeness (QED) is 0.366. The lowest BCUT2D eigenvalue weighted by Crippen LogP contribution is -2.64. The van der Waals surface area contributed by atoms with Gasteiger partial charge in [-0.2, -0.15) is 0 Å². The lowest BCUT2D eigenvalue weighted by Gasteiger charge is -2.58. The summed E-state index contributed by atoms with van der Waals surface area (Å²) in [7, 11) is 1.45. The molecule has 4 bridgehead atoms. The molecule has 0 amide bonds. The van der Waals surface area contributed by atoms with Crippen molar-refractivity contribution >= 4 is 12.3 Å². The van der Waals surface area contributed by atoms with Crippen LogP contribution in [-0.2, 0) is 23.8 Å². The third kappa shape index (κ3) is 2.92. The molecule has 1 saturated heterocycles. The minimum Gasteiger partial charge on any atom is -0.481 e. The first-order valence-electron chi connectivity index (χ1n) is 13.1. The zero-order chi connectivity index (χ0) is 25.5. The van der Waals surface area contributed by atoms with Gasteiger partial charge in [0.05, 0.1) is 18.1 Å². The van der Waals surface area contributed by atoms with Gasteiger partial charge in [-0.3, -0.25) is 4.79 Å². The molecule has 8 heteroatoms. The molecule has 8 nitrogen and oxygen atoms in total. The fourth-order valence-corrected chi connectivity index (χ4v) is 9.34. The molecule has 9 unspecified atom stereocenters. The summed E-state index contributed by atoms with van der Waals surface area (Å²) >= 11 is 0. The van der Waals surface area contributed by atoms with Crippen molar-refractivity contribution in [1.29, 1.82) is 0 Å². The molecule has 1 aliphatic heterocycles. The van der Waals surface area contributed by atoms with Gasteiger partial charge in [0.2, 0.25) is 0 Å². The molecule has 196 valence electrons.